The number of nitro groups is 1. The molecule has 0 aliphatic heterocycles. The van der Waals surface area contributed by atoms with Crippen LogP contribution in [-0.4, -0.2) is 33.3 Å². The molecule has 10 heteroatoms. The number of benzene rings is 2. The van der Waals surface area contributed by atoms with Gasteiger partial charge in [-0.05, 0) is 35.1 Å². The van der Waals surface area contributed by atoms with Crippen LogP contribution in [0.25, 0.3) is 0 Å². The Morgan fingerprint density at radius 1 is 0.781 bits per heavy atom. The van der Waals surface area contributed by atoms with Crippen LogP contribution in [0.3, 0.4) is 0 Å². The topological polar surface area (TPSA) is 137 Å². The van der Waals surface area contributed by atoms with E-state index in [4.69, 9.17) is 5.73 Å². The minimum absolute atomic E-state index is 0.00150. The predicted octanol–water partition coefficient (Wildman–Crippen LogP) is 4.50. The van der Waals surface area contributed by atoms with Crippen LogP contribution >= 0.6 is 0 Å². The van der Waals surface area contributed by atoms with Crippen LogP contribution in [0.5, 0.6) is 0 Å². The van der Waals surface area contributed by atoms with E-state index in [1.54, 1.807) is 18.2 Å². The van der Waals surface area contributed by atoms with Crippen LogP contribution in [0, 0.1) is 20.9 Å². The van der Waals surface area contributed by atoms with Crippen LogP contribution in [0.2, 0.25) is 0 Å². The van der Waals surface area contributed by atoms with Crippen LogP contribution in [0.4, 0.5) is 11.4 Å². The molecule has 0 aliphatic rings. The fourth-order valence-corrected chi connectivity index (χ4v) is 6.61. The number of nitrogen functional groups attached to an aromatic ring is 1. The second kappa shape index (κ2) is 9.99. The van der Waals surface area contributed by atoms with Gasteiger partial charge in [0.25, 0.3) is 5.69 Å². The highest BCUT2D eigenvalue weighted by molar-refractivity contribution is 7.91. The van der Waals surface area contributed by atoms with E-state index in [9.17, 15) is 26.9 Å². The molecule has 0 aliphatic carbocycles. The van der Waals surface area contributed by atoms with Gasteiger partial charge in [0.05, 0.1) is 26.2 Å². The SMILES string of the molecule is CC(C)(C)CS(=O)(=O)c1cccc(N)c1.CC(C)(C)CS(=O)(=O)c1cccc([N+](=O)[O-])c1. The van der Waals surface area contributed by atoms with E-state index in [2.05, 4.69) is 0 Å². The third-order valence-corrected chi connectivity index (χ3v) is 8.29. The summed E-state index contributed by atoms with van der Waals surface area (Å²) in [6.07, 6.45) is 0. The molecule has 32 heavy (non-hydrogen) atoms. The van der Waals surface area contributed by atoms with Gasteiger partial charge in [0.2, 0.25) is 0 Å². The summed E-state index contributed by atoms with van der Waals surface area (Å²) >= 11 is 0. The number of rotatable bonds is 5. The molecule has 2 aromatic carbocycles. The molecule has 2 N–H and O–H groups in total. The van der Waals surface area contributed by atoms with Crippen LogP contribution in [-0.2, 0) is 19.7 Å². The summed E-state index contributed by atoms with van der Waals surface area (Å²) < 4.78 is 47.9. The molecular weight excluding hydrogens is 452 g/mol. The molecule has 8 nitrogen and oxygen atoms in total. The number of sulfone groups is 2. The molecular formula is C22H32N2O6S2. The van der Waals surface area contributed by atoms with Crippen molar-refractivity contribution in [3.05, 3.63) is 58.6 Å². The van der Waals surface area contributed by atoms with Gasteiger partial charge in [-0.1, -0.05) is 53.7 Å². The van der Waals surface area contributed by atoms with Gasteiger partial charge in [0.1, 0.15) is 0 Å². The minimum atomic E-state index is -3.48. The van der Waals surface area contributed by atoms with E-state index < -0.39 is 24.6 Å². The molecule has 0 fully saturated rings. The molecule has 0 heterocycles. The molecule has 0 amide bonds. The molecule has 0 radical (unpaired) electrons. The van der Waals surface area contributed by atoms with Crippen molar-refractivity contribution >= 4 is 31.0 Å². The lowest BCUT2D eigenvalue weighted by Gasteiger charge is -2.18. The van der Waals surface area contributed by atoms with E-state index in [0.717, 1.165) is 6.07 Å². The number of nitrogens with zero attached hydrogens (tertiary/aromatic N) is 1. The first-order valence-corrected chi connectivity index (χ1v) is 13.2. The quantitative estimate of drug-likeness (QED) is 0.374. The lowest BCUT2D eigenvalue weighted by molar-refractivity contribution is -0.385. The van der Waals surface area contributed by atoms with Crippen molar-refractivity contribution in [2.75, 3.05) is 17.2 Å². The molecule has 0 spiro atoms. The Bertz CT molecular complexity index is 1160. The fraction of sp³-hybridized carbons (Fsp3) is 0.455. The van der Waals surface area contributed by atoms with Crippen molar-refractivity contribution in [1.82, 2.24) is 0 Å². The smallest absolute Gasteiger partial charge is 0.270 e. The van der Waals surface area contributed by atoms with Gasteiger partial charge < -0.3 is 5.73 Å². The summed E-state index contributed by atoms with van der Waals surface area (Å²) in [6.45, 7) is 11.1. The average molecular weight is 485 g/mol. The van der Waals surface area contributed by atoms with Gasteiger partial charge in [0, 0.05) is 17.8 Å². The maximum absolute atomic E-state index is 12.0. The Kier molecular flexibility index (Phi) is 8.61. The summed E-state index contributed by atoms with van der Waals surface area (Å²) in [6, 6.07) is 11.6. The van der Waals surface area contributed by atoms with Gasteiger partial charge in [-0.2, -0.15) is 0 Å². The molecule has 0 bridgehead atoms. The first-order valence-electron chi connectivity index (χ1n) is 9.88. The molecule has 2 rings (SSSR count). The van der Waals surface area contributed by atoms with E-state index in [1.165, 1.54) is 24.3 Å². The van der Waals surface area contributed by atoms with Crippen molar-refractivity contribution in [2.45, 2.75) is 51.3 Å². The maximum Gasteiger partial charge on any atom is 0.270 e. The average Bonchev–Trinajstić information content (AvgIpc) is 2.58. The predicted molar refractivity (Wildman–Crippen MR) is 127 cm³/mol. The highest BCUT2D eigenvalue weighted by atomic mass is 32.2. The van der Waals surface area contributed by atoms with E-state index in [1.807, 2.05) is 41.5 Å². The summed E-state index contributed by atoms with van der Waals surface area (Å²) in [5, 5.41) is 10.6. The molecule has 0 aromatic heterocycles. The molecule has 0 saturated carbocycles. The Morgan fingerprint density at radius 2 is 1.19 bits per heavy atom. The molecule has 2 aromatic rings. The van der Waals surface area contributed by atoms with Crippen molar-refractivity contribution in [1.29, 1.82) is 0 Å². The molecule has 0 unspecified atom stereocenters. The fourth-order valence-electron chi connectivity index (χ4n) is 2.81. The first kappa shape index (κ1) is 27.6. The van der Waals surface area contributed by atoms with Crippen molar-refractivity contribution in [2.24, 2.45) is 10.8 Å². The van der Waals surface area contributed by atoms with Gasteiger partial charge in [0.15, 0.2) is 19.7 Å². The van der Waals surface area contributed by atoms with Crippen molar-refractivity contribution in [3.8, 4) is 0 Å². The Hall–Kier alpha value is -2.46. The lowest BCUT2D eigenvalue weighted by atomic mass is 10.0. The summed E-state index contributed by atoms with van der Waals surface area (Å²) in [5.74, 6) is 0.0879. The Morgan fingerprint density at radius 3 is 1.56 bits per heavy atom. The monoisotopic (exact) mass is 484 g/mol. The highest BCUT2D eigenvalue weighted by Gasteiger charge is 2.25. The van der Waals surface area contributed by atoms with Crippen molar-refractivity contribution in [3.63, 3.8) is 0 Å². The number of nitro benzene ring substituents is 1. The highest BCUT2D eigenvalue weighted by Crippen LogP contribution is 2.25. The molecule has 178 valence electrons. The zero-order valence-corrected chi connectivity index (χ0v) is 21.0. The van der Waals surface area contributed by atoms with E-state index in [0.29, 0.717) is 10.6 Å². The standard InChI is InChI=1S/C11H15NO4S.C11H17NO2S/c1-11(2,3)8-17(15,16)10-6-4-5-9(7-10)12(13)14;1-11(2,3)8-15(13,14)10-6-4-5-9(12)7-10/h4-7H,8H2,1-3H3;4-7H,8,12H2,1-3H3. The second-order valence-electron chi connectivity index (χ2n) is 9.97. The number of nitrogens with two attached hydrogens (primary N) is 1. The number of anilines is 1. The summed E-state index contributed by atoms with van der Waals surface area (Å²) in [5.41, 5.74) is 5.19. The third kappa shape index (κ3) is 9.35. The van der Waals surface area contributed by atoms with Crippen molar-refractivity contribution < 1.29 is 21.8 Å². The van der Waals surface area contributed by atoms with Gasteiger partial charge in [-0.15, -0.1) is 0 Å². The zero-order valence-electron chi connectivity index (χ0n) is 19.3. The van der Waals surface area contributed by atoms with Gasteiger partial charge >= 0.3 is 0 Å². The number of non-ortho nitro benzene ring substituents is 1. The maximum atomic E-state index is 12.0. The largest absolute Gasteiger partial charge is 0.399 e. The minimum Gasteiger partial charge on any atom is -0.399 e. The molecule has 0 atom stereocenters. The van der Waals surface area contributed by atoms with Crippen LogP contribution in [0.15, 0.2) is 58.3 Å². The Labute approximate surface area is 190 Å². The number of hydrogen-bond acceptors (Lipinski definition) is 7. The van der Waals surface area contributed by atoms with Gasteiger partial charge in [-0.3, -0.25) is 10.1 Å². The second-order valence-corrected chi connectivity index (χ2v) is 13.9. The molecule has 0 saturated heterocycles. The Balaban J connectivity index is 0.000000323. The number of hydrogen-bond donors (Lipinski definition) is 1. The summed E-state index contributed by atoms with van der Waals surface area (Å²) in [7, 11) is -6.70. The normalized spacial score (nSPS) is 12.6. The first-order chi connectivity index (χ1) is 14.3. The van der Waals surface area contributed by atoms with Crippen LogP contribution < -0.4 is 5.73 Å². The summed E-state index contributed by atoms with van der Waals surface area (Å²) in [4.78, 5) is 10.3. The lowest BCUT2D eigenvalue weighted by Crippen LogP contribution is -2.20. The zero-order chi connectivity index (χ0) is 25.0. The van der Waals surface area contributed by atoms with E-state index >= 15 is 0 Å². The van der Waals surface area contributed by atoms with Crippen LogP contribution in [0.1, 0.15) is 41.5 Å². The van der Waals surface area contributed by atoms with Gasteiger partial charge in [-0.25, -0.2) is 16.8 Å². The van der Waals surface area contributed by atoms with E-state index in [-0.39, 0.29) is 32.9 Å². The third-order valence-electron chi connectivity index (χ3n) is 3.85.